The molecule has 1 heterocycles. The average Bonchev–Trinajstić information content (AvgIpc) is 2.69. The number of aldehydes is 1. The Hall–Kier alpha value is -1.90. The van der Waals surface area contributed by atoms with Crippen LogP contribution in [0.4, 0.5) is 0 Å². The standard InChI is InChI=1S/C12H12N2O/c1-10-4-2-3-5-11(10)7-14-9-13-6-12(14)8-15/h2-6,8-9H,7H2,1H3. The quantitative estimate of drug-likeness (QED) is 0.711. The zero-order valence-corrected chi connectivity index (χ0v) is 8.55. The largest absolute Gasteiger partial charge is 0.324 e. The minimum Gasteiger partial charge on any atom is -0.324 e. The second-order valence-electron chi connectivity index (χ2n) is 3.49. The van der Waals surface area contributed by atoms with Crippen LogP contribution in [-0.4, -0.2) is 15.8 Å². The summed E-state index contributed by atoms with van der Waals surface area (Å²) in [6, 6.07) is 8.13. The minimum atomic E-state index is 0.609. The van der Waals surface area contributed by atoms with E-state index in [1.807, 2.05) is 16.7 Å². The van der Waals surface area contributed by atoms with Crippen molar-refractivity contribution in [3.8, 4) is 0 Å². The number of imidazole rings is 1. The van der Waals surface area contributed by atoms with Gasteiger partial charge in [-0.2, -0.15) is 0 Å². The Morgan fingerprint density at radius 1 is 1.40 bits per heavy atom. The van der Waals surface area contributed by atoms with E-state index in [0.717, 1.165) is 6.29 Å². The Morgan fingerprint density at radius 2 is 2.20 bits per heavy atom. The second-order valence-corrected chi connectivity index (χ2v) is 3.49. The minimum absolute atomic E-state index is 0.609. The van der Waals surface area contributed by atoms with Gasteiger partial charge in [0.15, 0.2) is 6.29 Å². The van der Waals surface area contributed by atoms with Crippen LogP contribution in [0.3, 0.4) is 0 Å². The smallest absolute Gasteiger partial charge is 0.168 e. The molecule has 1 aromatic carbocycles. The van der Waals surface area contributed by atoms with Crippen LogP contribution in [0.15, 0.2) is 36.8 Å². The van der Waals surface area contributed by atoms with Crippen molar-refractivity contribution < 1.29 is 4.79 Å². The molecule has 0 amide bonds. The van der Waals surface area contributed by atoms with Crippen LogP contribution >= 0.6 is 0 Å². The van der Waals surface area contributed by atoms with Crippen LogP contribution in [0.2, 0.25) is 0 Å². The summed E-state index contributed by atoms with van der Waals surface area (Å²) in [4.78, 5) is 14.7. The number of rotatable bonds is 3. The molecule has 0 saturated heterocycles. The first-order chi connectivity index (χ1) is 7.31. The second kappa shape index (κ2) is 4.09. The lowest BCUT2D eigenvalue weighted by Gasteiger charge is -2.07. The summed E-state index contributed by atoms with van der Waals surface area (Å²) in [6.07, 6.45) is 4.08. The molecular formula is C12H12N2O. The predicted molar refractivity (Wildman–Crippen MR) is 57.9 cm³/mol. The molecule has 15 heavy (non-hydrogen) atoms. The Kier molecular flexibility index (Phi) is 2.63. The van der Waals surface area contributed by atoms with Crippen molar-refractivity contribution in [2.24, 2.45) is 0 Å². The number of hydrogen-bond acceptors (Lipinski definition) is 2. The molecular weight excluding hydrogens is 188 g/mol. The van der Waals surface area contributed by atoms with Gasteiger partial charge in [-0.1, -0.05) is 24.3 Å². The zero-order valence-electron chi connectivity index (χ0n) is 8.55. The Balaban J connectivity index is 2.29. The predicted octanol–water partition coefficient (Wildman–Crippen LogP) is 2.05. The summed E-state index contributed by atoms with van der Waals surface area (Å²) in [5.41, 5.74) is 3.04. The van der Waals surface area contributed by atoms with Gasteiger partial charge in [-0.05, 0) is 18.1 Å². The number of benzene rings is 1. The number of carbonyl (C=O) groups excluding carboxylic acids is 1. The SMILES string of the molecule is Cc1ccccc1Cn1cncc1C=O. The molecule has 76 valence electrons. The highest BCUT2D eigenvalue weighted by atomic mass is 16.1. The summed E-state index contributed by atoms with van der Waals surface area (Å²) >= 11 is 0. The highest BCUT2D eigenvalue weighted by Gasteiger charge is 2.02. The fourth-order valence-electron chi connectivity index (χ4n) is 1.53. The molecule has 0 aliphatic heterocycles. The maximum Gasteiger partial charge on any atom is 0.168 e. The fourth-order valence-corrected chi connectivity index (χ4v) is 1.53. The summed E-state index contributed by atoms with van der Waals surface area (Å²) < 4.78 is 1.84. The molecule has 0 N–H and O–H groups in total. The molecule has 0 aliphatic carbocycles. The van der Waals surface area contributed by atoms with Gasteiger partial charge >= 0.3 is 0 Å². The molecule has 1 aromatic heterocycles. The van der Waals surface area contributed by atoms with Gasteiger partial charge in [-0.15, -0.1) is 0 Å². The van der Waals surface area contributed by atoms with E-state index < -0.39 is 0 Å². The van der Waals surface area contributed by atoms with Gasteiger partial charge in [0.05, 0.1) is 12.5 Å². The summed E-state index contributed by atoms with van der Waals surface area (Å²) in [5.74, 6) is 0. The van der Waals surface area contributed by atoms with Gasteiger partial charge in [-0.25, -0.2) is 4.98 Å². The molecule has 0 spiro atoms. The molecule has 0 bridgehead atoms. The van der Waals surface area contributed by atoms with E-state index in [-0.39, 0.29) is 0 Å². The Labute approximate surface area is 88.4 Å². The average molecular weight is 200 g/mol. The van der Waals surface area contributed by atoms with Crippen LogP contribution in [0.1, 0.15) is 21.6 Å². The summed E-state index contributed by atoms with van der Waals surface area (Å²) in [7, 11) is 0. The van der Waals surface area contributed by atoms with Crippen molar-refractivity contribution in [2.75, 3.05) is 0 Å². The van der Waals surface area contributed by atoms with Crippen molar-refractivity contribution in [2.45, 2.75) is 13.5 Å². The van der Waals surface area contributed by atoms with Crippen molar-refractivity contribution >= 4 is 6.29 Å². The van der Waals surface area contributed by atoms with Gasteiger partial charge in [0, 0.05) is 6.54 Å². The van der Waals surface area contributed by atoms with Crippen LogP contribution < -0.4 is 0 Å². The number of hydrogen-bond donors (Lipinski definition) is 0. The third-order valence-electron chi connectivity index (χ3n) is 2.47. The van der Waals surface area contributed by atoms with E-state index in [2.05, 4.69) is 24.0 Å². The first-order valence-corrected chi connectivity index (χ1v) is 4.81. The topological polar surface area (TPSA) is 34.9 Å². The fraction of sp³-hybridized carbons (Fsp3) is 0.167. The lowest BCUT2D eigenvalue weighted by atomic mass is 10.1. The first-order valence-electron chi connectivity index (χ1n) is 4.81. The summed E-state index contributed by atoms with van der Waals surface area (Å²) in [5, 5.41) is 0. The van der Waals surface area contributed by atoms with E-state index in [0.29, 0.717) is 12.2 Å². The molecule has 3 heteroatoms. The Morgan fingerprint density at radius 3 is 2.93 bits per heavy atom. The number of nitrogens with zero attached hydrogens (tertiary/aromatic N) is 2. The van der Waals surface area contributed by atoms with Gasteiger partial charge < -0.3 is 4.57 Å². The molecule has 0 aliphatic rings. The maximum atomic E-state index is 10.7. The maximum absolute atomic E-state index is 10.7. The van der Waals surface area contributed by atoms with Gasteiger partial charge in [0.2, 0.25) is 0 Å². The highest BCUT2D eigenvalue weighted by Crippen LogP contribution is 2.09. The molecule has 0 atom stereocenters. The number of aromatic nitrogens is 2. The van der Waals surface area contributed by atoms with Crippen LogP contribution in [0, 0.1) is 6.92 Å². The van der Waals surface area contributed by atoms with Crippen molar-refractivity contribution in [1.82, 2.24) is 9.55 Å². The first kappa shape index (κ1) is 9.65. The molecule has 2 aromatic rings. The molecule has 0 fully saturated rings. The van der Waals surface area contributed by atoms with E-state index >= 15 is 0 Å². The summed E-state index contributed by atoms with van der Waals surface area (Å²) in [6.45, 7) is 2.76. The van der Waals surface area contributed by atoms with E-state index in [1.165, 1.54) is 11.1 Å². The lowest BCUT2D eigenvalue weighted by Crippen LogP contribution is -2.03. The van der Waals surface area contributed by atoms with E-state index in [9.17, 15) is 4.79 Å². The number of aryl methyl sites for hydroxylation is 1. The molecule has 0 saturated carbocycles. The lowest BCUT2D eigenvalue weighted by molar-refractivity contribution is 0.111. The third-order valence-corrected chi connectivity index (χ3v) is 2.47. The highest BCUT2D eigenvalue weighted by molar-refractivity contribution is 5.71. The van der Waals surface area contributed by atoms with E-state index in [1.54, 1.807) is 12.5 Å². The molecule has 2 rings (SSSR count). The van der Waals surface area contributed by atoms with E-state index in [4.69, 9.17) is 0 Å². The van der Waals surface area contributed by atoms with Crippen molar-refractivity contribution in [1.29, 1.82) is 0 Å². The normalized spacial score (nSPS) is 10.2. The van der Waals surface area contributed by atoms with Gasteiger partial charge in [0.1, 0.15) is 5.69 Å². The third kappa shape index (κ3) is 1.96. The molecule has 0 unspecified atom stereocenters. The van der Waals surface area contributed by atoms with Gasteiger partial charge in [-0.3, -0.25) is 4.79 Å². The van der Waals surface area contributed by atoms with Gasteiger partial charge in [0.25, 0.3) is 0 Å². The number of carbonyl (C=O) groups is 1. The zero-order chi connectivity index (χ0) is 10.7. The Bertz CT molecular complexity index is 474. The van der Waals surface area contributed by atoms with Crippen molar-refractivity contribution in [3.05, 3.63) is 53.6 Å². The monoisotopic (exact) mass is 200 g/mol. The molecule has 3 nitrogen and oxygen atoms in total. The molecule has 0 radical (unpaired) electrons. The van der Waals surface area contributed by atoms with Crippen molar-refractivity contribution in [3.63, 3.8) is 0 Å². The van der Waals surface area contributed by atoms with Crippen LogP contribution in [0.5, 0.6) is 0 Å². The van der Waals surface area contributed by atoms with Crippen LogP contribution in [0.25, 0.3) is 0 Å². The van der Waals surface area contributed by atoms with Crippen LogP contribution in [-0.2, 0) is 6.54 Å².